The number of carbonyl (C=O) groups excluding carboxylic acids is 2. The summed E-state index contributed by atoms with van der Waals surface area (Å²) < 4.78 is 11.8. The van der Waals surface area contributed by atoms with Crippen molar-refractivity contribution >= 4 is 22.8 Å². The number of para-hydroxylation sites is 3. The summed E-state index contributed by atoms with van der Waals surface area (Å²) in [6, 6.07) is 24.9. The summed E-state index contributed by atoms with van der Waals surface area (Å²) in [5, 5.41) is 4.12. The Morgan fingerprint density at radius 3 is 2.17 bits per heavy atom. The minimum absolute atomic E-state index is 0.0195. The summed E-state index contributed by atoms with van der Waals surface area (Å²) in [7, 11) is 0. The van der Waals surface area contributed by atoms with Crippen LogP contribution in [0.1, 0.15) is 40.4 Å². The molecule has 0 radical (unpaired) electrons. The van der Waals surface area contributed by atoms with Crippen LogP contribution in [0.3, 0.4) is 0 Å². The standard InChI is InChI=1S/C29H26N2O4/c32-28(27-21-8-2-5-11-24(21)35-25-12-6-3-9-22(25)27)30-18-19-13-15-31(16-14-19)29(33)26-17-20-7-1-4-10-23(20)34-26/h1-12,17,19,27H,13-16,18H2,(H,30,32). The number of piperidine rings is 1. The second-order valence-electron chi connectivity index (χ2n) is 9.24. The first-order chi connectivity index (χ1) is 17.2. The predicted octanol–water partition coefficient (Wildman–Crippen LogP) is 5.34. The van der Waals surface area contributed by atoms with Gasteiger partial charge in [0.05, 0.1) is 5.92 Å². The summed E-state index contributed by atoms with van der Waals surface area (Å²) in [5.74, 6) is 1.67. The lowest BCUT2D eigenvalue weighted by atomic mass is 9.87. The van der Waals surface area contributed by atoms with Gasteiger partial charge in [0.25, 0.3) is 5.91 Å². The smallest absolute Gasteiger partial charge is 0.289 e. The van der Waals surface area contributed by atoms with Crippen molar-refractivity contribution < 1.29 is 18.7 Å². The molecule has 1 fully saturated rings. The van der Waals surface area contributed by atoms with E-state index < -0.39 is 5.92 Å². The molecule has 0 spiro atoms. The summed E-state index contributed by atoms with van der Waals surface area (Å²) in [6.07, 6.45) is 1.68. The Hall–Kier alpha value is -4.06. The van der Waals surface area contributed by atoms with Gasteiger partial charge in [-0.3, -0.25) is 9.59 Å². The van der Waals surface area contributed by atoms with Gasteiger partial charge >= 0.3 is 0 Å². The molecule has 1 aromatic heterocycles. The minimum atomic E-state index is -0.397. The van der Waals surface area contributed by atoms with E-state index in [1.165, 1.54) is 0 Å². The van der Waals surface area contributed by atoms with E-state index in [-0.39, 0.29) is 11.8 Å². The number of benzene rings is 3. The zero-order valence-electron chi connectivity index (χ0n) is 19.3. The molecule has 0 unspecified atom stereocenters. The molecular formula is C29H26N2O4. The van der Waals surface area contributed by atoms with E-state index in [1.54, 1.807) is 0 Å². The van der Waals surface area contributed by atoms with Gasteiger partial charge in [-0.15, -0.1) is 0 Å². The highest BCUT2D eigenvalue weighted by Crippen LogP contribution is 2.43. The fourth-order valence-corrected chi connectivity index (χ4v) is 5.12. The van der Waals surface area contributed by atoms with E-state index in [4.69, 9.17) is 9.15 Å². The van der Waals surface area contributed by atoms with Crippen LogP contribution in [0.2, 0.25) is 0 Å². The number of ether oxygens (including phenoxy) is 1. The molecule has 2 aliphatic heterocycles. The number of rotatable bonds is 4. The van der Waals surface area contributed by atoms with Crippen LogP contribution >= 0.6 is 0 Å². The topological polar surface area (TPSA) is 71.8 Å². The van der Waals surface area contributed by atoms with Crippen LogP contribution in [0.4, 0.5) is 0 Å². The number of furan rings is 1. The molecule has 176 valence electrons. The van der Waals surface area contributed by atoms with Crippen LogP contribution in [-0.4, -0.2) is 36.3 Å². The van der Waals surface area contributed by atoms with Gasteiger partial charge in [0.2, 0.25) is 5.91 Å². The molecule has 0 aliphatic carbocycles. The Labute approximate surface area is 203 Å². The third-order valence-corrected chi connectivity index (χ3v) is 7.05. The Morgan fingerprint density at radius 2 is 1.49 bits per heavy atom. The minimum Gasteiger partial charge on any atom is -0.457 e. The first kappa shape index (κ1) is 21.5. The average Bonchev–Trinajstić information content (AvgIpc) is 3.34. The molecule has 0 saturated carbocycles. The first-order valence-electron chi connectivity index (χ1n) is 12.1. The molecule has 0 atom stereocenters. The number of amides is 2. The van der Waals surface area contributed by atoms with Crippen LogP contribution in [0.15, 0.2) is 83.3 Å². The van der Waals surface area contributed by atoms with Crippen molar-refractivity contribution in [2.45, 2.75) is 18.8 Å². The summed E-state index contributed by atoms with van der Waals surface area (Å²) in [6.45, 7) is 1.89. The second-order valence-corrected chi connectivity index (χ2v) is 9.24. The molecule has 2 aliphatic rings. The number of likely N-dealkylation sites (tertiary alicyclic amines) is 1. The Balaban J connectivity index is 1.09. The first-order valence-corrected chi connectivity index (χ1v) is 12.1. The molecular weight excluding hydrogens is 440 g/mol. The normalized spacial score (nSPS) is 15.8. The van der Waals surface area contributed by atoms with Crippen molar-refractivity contribution in [3.8, 4) is 11.5 Å². The molecule has 3 heterocycles. The fourth-order valence-electron chi connectivity index (χ4n) is 5.12. The highest BCUT2D eigenvalue weighted by molar-refractivity contribution is 5.96. The van der Waals surface area contributed by atoms with Gasteiger partial charge in [0.15, 0.2) is 5.76 Å². The van der Waals surface area contributed by atoms with Gasteiger partial charge in [-0.05, 0) is 43.0 Å². The zero-order chi connectivity index (χ0) is 23.8. The predicted molar refractivity (Wildman–Crippen MR) is 133 cm³/mol. The van der Waals surface area contributed by atoms with Crippen LogP contribution in [0, 0.1) is 5.92 Å². The van der Waals surface area contributed by atoms with Crippen molar-refractivity contribution in [2.75, 3.05) is 19.6 Å². The number of hydrogen-bond donors (Lipinski definition) is 1. The van der Waals surface area contributed by atoms with Crippen molar-refractivity contribution in [3.63, 3.8) is 0 Å². The third kappa shape index (κ3) is 4.05. The maximum absolute atomic E-state index is 13.4. The maximum atomic E-state index is 13.4. The fraction of sp³-hybridized carbons (Fsp3) is 0.241. The molecule has 6 rings (SSSR count). The van der Waals surface area contributed by atoms with E-state index in [0.29, 0.717) is 31.3 Å². The van der Waals surface area contributed by atoms with Crippen LogP contribution in [0.25, 0.3) is 11.0 Å². The highest BCUT2D eigenvalue weighted by atomic mass is 16.5. The molecule has 0 bridgehead atoms. The van der Waals surface area contributed by atoms with Gasteiger partial charge in [-0.1, -0.05) is 54.6 Å². The van der Waals surface area contributed by atoms with Crippen LogP contribution in [0.5, 0.6) is 11.5 Å². The number of nitrogens with zero attached hydrogens (tertiary/aromatic N) is 1. The van der Waals surface area contributed by atoms with Crippen molar-refractivity contribution in [1.29, 1.82) is 0 Å². The third-order valence-electron chi connectivity index (χ3n) is 7.05. The molecule has 6 heteroatoms. The van der Waals surface area contributed by atoms with Gasteiger partial charge in [-0.25, -0.2) is 0 Å². The largest absolute Gasteiger partial charge is 0.457 e. The lowest BCUT2D eigenvalue weighted by Crippen LogP contribution is -2.42. The summed E-state index contributed by atoms with van der Waals surface area (Å²) in [4.78, 5) is 28.1. The maximum Gasteiger partial charge on any atom is 0.289 e. The lowest BCUT2D eigenvalue weighted by Gasteiger charge is -2.32. The molecule has 35 heavy (non-hydrogen) atoms. The van der Waals surface area contributed by atoms with E-state index in [2.05, 4.69) is 5.32 Å². The number of nitrogens with one attached hydrogen (secondary N) is 1. The highest BCUT2D eigenvalue weighted by Gasteiger charge is 2.33. The molecule has 1 saturated heterocycles. The van der Waals surface area contributed by atoms with Gasteiger partial charge in [0.1, 0.15) is 17.1 Å². The average molecular weight is 467 g/mol. The Morgan fingerprint density at radius 1 is 0.857 bits per heavy atom. The van der Waals surface area contributed by atoms with Crippen molar-refractivity contribution in [2.24, 2.45) is 5.92 Å². The lowest BCUT2D eigenvalue weighted by molar-refractivity contribution is -0.122. The van der Waals surface area contributed by atoms with Crippen LogP contribution < -0.4 is 10.1 Å². The molecule has 6 nitrogen and oxygen atoms in total. The van der Waals surface area contributed by atoms with Crippen LogP contribution in [-0.2, 0) is 4.79 Å². The molecule has 2 amide bonds. The van der Waals surface area contributed by atoms with Gasteiger partial charge in [0, 0.05) is 36.1 Å². The number of carbonyl (C=O) groups is 2. The number of fused-ring (bicyclic) bond motifs is 3. The van der Waals surface area contributed by atoms with Gasteiger partial charge < -0.3 is 19.4 Å². The SMILES string of the molecule is O=C(NCC1CCN(C(=O)c2cc3ccccc3o2)CC1)C1c2ccccc2Oc2ccccc21. The number of hydrogen-bond acceptors (Lipinski definition) is 4. The quantitative estimate of drug-likeness (QED) is 0.441. The Bertz CT molecular complexity index is 1320. The van der Waals surface area contributed by atoms with Crippen molar-refractivity contribution in [1.82, 2.24) is 10.2 Å². The zero-order valence-corrected chi connectivity index (χ0v) is 19.3. The van der Waals surface area contributed by atoms with Gasteiger partial charge in [-0.2, -0.15) is 0 Å². The molecule has 3 aromatic carbocycles. The summed E-state index contributed by atoms with van der Waals surface area (Å²) >= 11 is 0. The van der Waals surface area contributed by atoms with E-state index in [9.17, 15) is 9.59 Å². The van der Waals surface area contributed by atoms with Crippen molar-refractivity contribution in [3.05, 3.63) is 95.7 Å². The van der Waals surface area contributed by atoms with E-state index in [1.807, 2.05) is 83.8 Å². The second kappa shape index (κ2) is 8.95. The monoisotopic (exact) mass is 466 g/mol. The summed E-state index contributed by atoms with van der Waals surface area (Å²) in [5.41, 5.74) is 2.50. The Kier molecular flexibility index (Phi) is 5.49. The van der Waals surface area contributed by atoms with E-state index >= 15 is 0 Å². The van der Waals surface area contributed by atoms with E-state index in [0.717, 1.165) is 46.4 Å². The molecule has 4 aromatic rings. The molecule has 1 N–H and O–H groups in total.